The molecule has 0 spiro atoms. The van der Waals surface area contributed by atoms with E-state index in [4.69, 9.17) is 11.6 Å². The molecule has 0 unspecified atom stereocenters. The summed E-state index contributed by atoms with van der Waals surface area (Å²) in [5.41, 5.74) is 0.448. The average Bonchev–Trinajstić information content (AvgIpc) is 2.57. The summed E-state index contributed by atoms with van der Waals surface area (Å²) in [4.78, 5) is 14.9. The monoisotopic (exact) mass is 422 g/mol. The highest BCUT2D eigenvalue weighted by Crippen LogP contribution is 2.27. The summed E-state index contributed by atoms with van der Waals surface area (Å²) in [6.45, 7) is 6.53. The number of piperazine rings is 3. The summed E-state index contributed by atoms with van der Waals surface area (Å²) < 4.78 is 26.6. The van der Waals surface area contributed by atoms with Gasteiger partial charge in [-0.05, 0) is 18.2 Å². The molecule has 2 bridgehead atoms. The summed E-state index contributed by atoms with van der Waals surface area (Å²) in [5, 5.41) is 2.97. The van der Waals surface area contributed by atoms with Gasteiger partial charge in [-0.3, -0.25) is 9.69 Å². The molecule has 0 aliphatic carbocycles. The van der Waals surface area contributed by atoms with Crippen LogP contribution in [0.2, 0.25) is 5.02 Å². The Bertz CT molecular complexity index is 764. The van der Waals surface area contributed by atoms with Crippen LogP contribution >= 0.6 is 11.6 Å². The van der Waals surface area contributed by atoms with Crippen molar-refractivity contribution in [2.45, 2.75) is 4.90 Å². The van der Waals surface area contributed by atoms with Crippen molar-refractivity contribution >= 4 is 33.2 Å². The minimum atomic E-state index is -3.66. The Morgan fingerprint density at radius 3 is 2.35 bits per heavy atom. The second kappa shape index (κ2) is 8.00. The zero-order chi connectivity index (χ0) is 18.2. The van der Waals surface area contributed by atoms with Crippen LogP contribution in [0.1, 0.15) is 0 Å². The van der Waals surface area contributed by atoms with Gasteiger partial charge >= 0.3 is 0 Å². The van der Waals surface area contributed by atoms with Crippen molar-refractivity contribution in [1.29, 1.82) is 0 Å². The second-order valence-corrected chi connectivity index (χ2v) is 9.52. The lowest BCUT2D eigenvalue weighted by Gasteiger charge is -2.50. The number of fused-ring (bicyclic) bond motifs is 3. The highest BCUT2D eigenvalue weighted by molar-refractivity contribution is 7.89. The van der Waals surface area contributed by atoms with Crippen LogP contribution in [0.25, 0.3) is 0 Å². The van der Waals surface area contributed by atoms with E-state index < -0.39 is 10.0 Å². The zero-order valence-corrected chi connectivity index (χ0v) is 17.2. The molecular formula is C16H24Cl2N4O3S. The van der Waals surface area contributed by atoms with Crippen molar-refractivity contribution in [3.63, 3.8) is 0 Å². The number of nitrogens with one attached hydrogen (secondary N) is 1. The number of halogens is 2. The van der Waals surface area contributed by atoms with Gasteiger partial charge in [0.2, 0.25) is 10.0 Å². The Labute approximate surface area is 165 Å². The highest BCUT2D eigenvalue weighted by atomic mass is 35.5. The smallest absolute Gasteiger partial charge is 0.279 e. The molecule has 0 aromatic heterocycles. The van der Waals surface area contributed by atoms with Gasteiger partial charge < -0.3 is 22.2 Å². The van der Waals surface area contributed by atoms with Crippen LogP contribution in [0.3, 0.4) is 0 Å². The lowest BCUT2D eigenvalue weighted by molar-refractivity contribution is -0.933. The minimum absolute atomic E-state index is 0. The van der Waals surface area contributed by atoms with Crippen LogP contribution in [-0.2, 0) is 14.8 Å². The van der Waals surface area contributed by atoms with E-state index in [1.807, 2.05) is 0 Å². The maximum Gasteiger partial charge on any atom is 0.279 e. The predicted octanol–water partition coefficient (Wildman–Crippen LogP) is -2.32. The summed E-state index contributed by atoms with van der Waals surface area (Å²) in [5.74, 6) is -0.0918. The fourth-order valence-electron chi connectivity index (χ4n) is 3.45. The van der Waals surface area contributed by atoms with Gasteiger partial charge in [0.1, 0.15) is 4.90 Å². The molecule has 0 radical (unpaired) electrons. The third-order valence-electron chi connectivity index (χ3n) is 5.12. The van der Waals surface area contributed by atoms with Crippen LogP contribution in [0.5, 0.6) is 0 Å². The number of rotatable bonds is 5. The number of anilines is 1. The van der Waals surface area contributed by atoms with Crippen molar-refractivity contribution in [2.75, 3.05) is 65.2 Å². The van der Waals surface area contributed by atoms with Crippen LogP contribution in [0.4, 0.5) is 5.69 Å². The van der Waals surface area contributed by atoms with Crippen molar-refractivity contribution in [3.8, 4) is 0 Å². The lowest BCUT2D eigenvalue weighted by Crippen LogP contribution is -3.00. The fraction of sp³-hybridized carbons (Fsp3) is 0.562. The van der Waals surface area contributed by atoms with E-state index in [0.717, 1.165) is 48.1 Å². The molecule has 3 aliphatic heterocycles. The third-order valence-corrected chi connectivity index (χ3v) is 7.42. The normalized spacial score (nSPS) is 25.0. The first-order chi connectivity index (χ1) is 11.7. The number of sulfonamides is 1. The Hall–Kier alpha value is -0.900. The van der Waals surface area contributed by atoms with Gasteiger partial charge in [0.05, 0.1) is 24.7 Å². The van der Waals surface area contributed by atoms with E-state index in [1.54, 1.807) is 6.07 Å². The maximum absolute atomic E-state index is 12.5. The molecule has 3 saturated heterocycles. The Kier molecular flexibility index (Phi) is 6.58. The van der Waals surface area contributed by atoms with Crippen molar-refractivity contribution in [1.82, 2.24) is 9.21 Å². The van der Waals surface area contributed by atoms with Gasteiger partial charge in [0.25, 0.3) is 5.91 Å². The van der Waals surface area contributed by atoms with Gasteiger partial charge in [0, 0.05) is 39.4 Å². The van der Waals surface area contributed by atoms with E-state index in [-0.39, 0.29) is 28.2 Å². The Morgan fingerprint density at radius 2 is 1.81 bits per heavy atom. The number of benzene rings is 1. The van der Waals surface area contributed by atoms with Crippen LogP contribution in [0, 0.1) is 0 Å². The summed E-state index contributed by atoms with van der Waals surface area (Å²) in [6, 6.07) is 4.55. The van der Waals surface area contributed by atoms with Crippen LogP contribution in [0.15, 0.2) is 23.1 Å². The lowest BCUT2D eigenvalue weighted by atomic mass is 10.1. The molecule has 10 heteroatoms. The van der Waals surface area contributed by atoms with E-state index in [2.05, 4.69) is 10.2 Å². The standard InChI is InChI=1S/C16H23ClN4O3S.ClH/c1-19(2)25(23,24)15-11-13(3-4-14(15)17)18-16(22)12-21-8-5-20(6-9-21)7-10-21;/h3-4,11H,5-10,12H2,1-2H3;1H. The highest BCUT2D eigenvalue weighted by Gasteiger charge is 2.39. The number of quaternary nitrogens is 1. The number of nitrogens with zero attached hydrogens (tertiary/aromatic N) is 3. The number of carbonyl (C=O) groups excluding carboxylic acids is 1. The molecule has 1 aromatic carbocycles. The SMILES string of the molecule is CN(C)S(=O)(=O)c1cc(NC(=O)C[N+]23CCN(CC2)CC3)ccc1Cl.[Cl-]. The largest absolute Gasteiger partial charge is 1.00 e. The van der Waals surface area contributed by atoms with Gasteiger partial charge in [-0.2, -0.15) is 0 Å². The minimum Gasteiger partial charge on any atom is -1.00 e. The molecule has 26 heavy (non-hydrogen) atoms. The van der Waals surface area contributed by atoms with Gasteiger partial charge in [-0.15, -0.1) is 0 Å². The van der Waals surface area contributed by atoms with E-state index >= 15 is 0 Å². The first-order valence-corrected chi connectivity index (χ1v) is 10.1. The molecule has 3 heterocycles. The maximum atomic E-state index is 12.5. The molecule has 0 atom stereocenters. The molecule has 1 aromatic rings. The van der Waals surface area contributed by atoms with E-state index in [1.165, 1.54) is 26.2 Å². The third kappa shape index (κ3) is 4.32. The molecule has 7 nitrogen and oxygen atoms in total. The summed E-state index contributed by atoms with van der Waals surface area (Å²) in [7, 11) is -0.768. The Morgan fingerprint density at radius 1 is 1.23 bits per heavy atom. The molecule has 1 N–H and O–H groups in total. The zero-order valence-electron chi connectivity index (χ0n) is 14.9. The number of hydrogen-bond acceptors (Lipinski definition) is 4. The molecular weight excluding hydrogens is 399 g/mol. The predicted molar refractivity (Wildman–Crippen MR) is 97.1 cm³/mol. The topological polar surface area (TPSA) is 69.7 Å². The quantitative estimate of drug-likeness (QED) is 0.540. The molecule has 3 fully saturated rings. The molecule has 1 amide bonds. The number of carbonyl (C=O) groups is 1. The van der Waals surface area contributed by atoms with Crippen LogP contribution < -0.4 is 17.7 Å². The van der Waals surface area contributed by atoms with Gasteiger partial charge in [-0.1, -0.05) is 11.6 Å². The molecule has 4 rings (SSSR count). The van der Waals surface area contributed by atoms with E-state index in [0.29, 0.717) is 12.2 Å². The van der Waals surface area contributed by atoms with Crippen molar-refractivity contribution in [2.24, 2.45) is 0 Å². The molecule has 146 valence electrons. The summed E-state index contributed by atoms with van der Waals surface area (Å²) in [6.07, 6.45) is 0. The fourth-order valence-corrected chi connectivity index (χ4v) is 4.84. The summed E-state index contributed by atoms with van der Waals surface area (Å²) >= 11 is 6.04. The Balaban J connectivity index is 0.00000243. The van der Waals surface area contributed by atoms with E-state index in [9.17, 15) is 13.2 Å². The van der Waals surface area contributed by atoms with Crippen LogP contribution in [-0.4, -0.2) is 87.9 Å². The van der Waals surface area contributed by atoms with Crippen molar-refractivity contribution in [3.05, 3.63) is 23.2 Å². The van der Waals surface area contributed by atoms with Crippen molar-refractivity contribution < 1.29 is 30.1 Å². The number of hydrogen-bond donors (Lipinski definition) is 1. The molecule has 3 aliphatic rings. The first-order valence-electron chi connectivity index (χ1n) is 8.31. The molecule has 0 saturated carbocycles. The second-order valence-electron chi connectivity index (χ2n) is 6.99. The average molecular weight is 423 g/mol. The van der Waals surface area contributed by atoms with Gasteiger partial charge in [0.15, 0.2) is 6.54 Å². The number of amides is 1. The first kappa shape index (κ1) is 21.4. The van der Waals surface area contributed by atoms with Gasteiger partial charge in [-0.25, -0.2) is 12.7 Å².